The third-order valence-electron chi connectivity index (χ3n) is 7.82. The molecular weight excluding hydrogens is 360 g/mol. The minimum Gasteiger partial charge on any atom is -0.298 e. The van der Waals surface area contributed by atoms with Gasteiger partial charge in [0, 0.05) is 24.0 Å². The molecule has 2 fully saturated rings. The molecule has 5 atom stereocenters. The molecule has 0 aromatic heterocycles. The molecule has 3 heterocycles. The predicted molar refractivity (Wildman–Crippen MR) is 107 cm³/mol. The zero-order valence-corrected chi connectivity index (χ0v) is 16.5. The van der Waals surface area contributed by atoms with Gasteiger partial charge in [-0.1, -0.05) is 24.6 Å². The second-order valence-corrected chi connectivity index (χ2v) is 9.00. The van der Waals surface area contributed by atoms with Crippen LogP contribution in [0.15, 0.2) is 35.5 Å². The summed E-state index contributed by atoms with van der Waals surface area (Å²) in [6.45, 7) is 3.05. The highest BCUT2D eigenvalue weighted by Gasteiger charge is 2.63. The molecule has 3 aliphatic heterocycles. The molecule has 4 nitrogen and oxygen atoms in total. The minimum absolute atomic E-state index is 0. The van der Waals surface area contributed by atoms with Gasteiger partial charge >= 0.3 is 0 Å². The number of ketones is 1. The molecule has 1 aromatic carbocycles. The molecule has 5 unspecified atom stereocenters. The van der Waals surface area contributed by atoms with E-state index in [0.29, 0.717) is 30.1 Å². The summed E-state index contributed by atoms with van der Waals surface area (Å²) in [5.74, 6) is 1.06. The van der Waals surface area contributed by atoms with Gasteiger partial charge in [0.25, 0.3) is 0 Å². The number of benzene rings is 1. The van der Waals surface area contributed by atoms with Crippen LogP contribution in [0, 0.1) is 11.8 Å². The van der Waals surface area contributed by atoms with Crippen LogP contribution in [0.3, 0.4) is 0 Å². The maximum atomic E-state index is 13.1. The van der Waals surface area contributed by atoms with Crippen molar-refractivity contribution in [1.82, 2.24) is 9.55 Å². The second-order valence-electron chi connectivity index (χ2n) is 9.00. The number of nitrogens with zero attached hydrogens (tertiary/aromatic N) is 2. The molecular formula is C22H28ClN2O2+. The van der Waals surface area contributed by atoms with E-state index in [1.165, 1.54) is 44.3 Å². The monoisotopic (exact) mass is 387 g/mol. The van der Waals surface area contributed by atoms with Gasteiger partial charge in [-0.15, -0.1) is 17.1 Å². The van der Waals surface area contributed by atoms with E-state index in [0.717, 1.165) is 29.9 Å². The number of carbonyl (C=O) groups excluding carboxylic acids is 1. The fourth-order valence-corrected chi connectivity index (χ4v) is 6.87. The van der Waals surface area contributed by atoms with E-state index in [1.807, 2.05) is 18.2 Å². The van der Waals surface area contributed by atoms with Gasteiger partial charge in [0.15, 0.2) is 17.2 Å². The summed E-state index contributed by atoms with van der Waals surface area (Å²) >= 11 is 0. The van der Waals surface area contributed by atoms with Crippen LogP contribution in [0.4, 0.5) is 5.69 Å². The van der Waals surface area contributed by atoms with E-state index in [1.54, 1.807) is 0 Å². The standard InChI is InChI=1S/C22H27N2O2.ClH/c25-19-12-14-6-5-8-15-17(23-10-3-4-11-23)13-24(26)18-9-2-1-7-16(18)21(19)22(24)20(14)15;/h1-2,7,9,14-15,17,21,26H,3-6,8,10-13H2;1H/q+1;. The minimum atomic E-state index is -0.192. The third-order valence-corrected chi connectivity index (χ3v) is 7.82. The Balaban J connectivity index is 0.00000160. The first-order valence-electron chi connectivity index (χ1n) is 10.4. The Morgan fingerprint density at radius 3 is 2.67 bits per heavy atom. The average molecular weight is 388 g/mol. The highest BCUT2D eigenvalue weighted by Crippen LogP contribution is 2.60. The van der Waals surface area contributed by atoms with Gasteiger partial charge in [-0.25, -0.2) is 5.21 Å². The van der Waals surface area contributed by atoms with Crippen molar-refractivity contribution >= 4 is 23.9 Å². The van der Waals surface area contributed by atoms with Crippen molar-refractivity contribution in [2.24, 2.45) is 11.8 Å². The Morgan fingerprint density at radius 2 is 1.85 bits per heavy atom. The van der Waals surface area contributed by atoms with Crippen molar-refractivity contribution in [1.29, 1.82) is 0 Å². The van der Waals surface area contributed by atoms with Crippen LogP contribution in [-0.4, -0.2) is 41.6 Å². The van der Waals surface area contributed by atoms with Crippen LogP contribution >= 0.6 is 12.4 Å². The lowest BCUT2D eigenvalue weighted by Crippen LogP contribution is -2.61. The molecule has 1 saturated carbocycles. The van der Waals surface area contributed by atoms with Crippen molar-refractivity contribution in [3.05, 3.63) is 41.1 Å². The van der Waals surface area contributed by atoms with Crippen LogP contribution < -0.4 is 4.65 Å². The van der Waals surface area contributed by atoms with Crippen molar-refractivity contribution in [2.75, 3.05) is 19.6 Å². The number of rotatable bonds is 1. The van der Waals surface area contributed by atoms with Crippen molar-refractivity contribution < 1.29 is 10.0 Å². The van der Waals surface area contributed by atoms with E-state index in [9.17, 15) is 10.0 Å². The van der Waals surface area contributed by atoms with E-state index >= 15 is 0 Å². The fraction of sp³-hybridized carbons (Fsp3) is 0.591. The summed E-state index contributed by atoms with van der Waals surface area (Å²) < 4.78 is -0.0872. The van der Waals surface area contributed by atoms with E-state index in [2.05, 4.69) is 11.0 Å². The summed E-state index contributed by atoms with van der Waals surface area (Å²) in [6.07, 6.45) is 6.82. The lowest BCUT2D eigenvalue weighted by molar-refractivity contribution is -0.126. The van der Waals surface area contributed by atoms with Gasteiger partial charge in [0.1, 0.15) is 12.5 Å². The Morgan fingerprint density at radius 1 is 1.07 bits per heavy atom. The lowest BCUT2D eigenvalue weighted by atomic mass is 9.64. The zero-order valence-electron chi connectivity index (χ0n) is 15.6. The Hall–Kier alpha value is -1.20. The molecule has 5 heteroatoms. The average Bonchev–Trinajstić information content (AvgIpc) is 3.26. The molecule has 0 radical (unpaired) electrons. The van der Waals surface area contributed by atoms with Crippen LogP contribution in [0.1, 0.15) is 50.0 Å². The Labute approximate surface area is 166 Å². The quantitative estimate of drug-likeness (QED) is 0.740. The molecule has 5 aliphatic rings. The Bertz CT molecular complexity index is 831. The molecule has 1 saturated heterocycles. The van der Waals surface area contributed by atoms with Gasteiger partial charge in [0.2, 0.25) is 0 Å². The molecule has 1 N–H and O–H groups in total. The molecule has 2 aliphatic carbocycles. The highest BCUT2D eigenvalue weighted by molar-refractivity contribution is 5.95. The second kappa shape index (κ2) is 6.15. The maximum absolute atomic E-state index is 13.1. The molecule has 0 bridgehead atoms. The molecule has 6 rings (SSSR count). The lowest BCUT2D eigenvalue weighted by Gasteiger charge is -2.49. The van der Waals surface area contributed by atoms with Gasteiger partial charge in [-0.3, -0.25) is 9.69 Å². The SMILES string of the molecule is Cl.O=C1CC2CCCC3C2=C2C1c1ccccc1[N+]2(O)CC3N1CCCC1. The molecule has 0 amide bonds. The van der Waals surface area contributed by atoms with Crippen molar-refractivity contribution in [3.8, 4) is 0 Å². The molecule has 144 valence electrons. The highest BCUT2D eigenvalue weighted by atomic mass is 35.5. The largest absolute Gasteiger partial charge is 0.298 e. The summed E-state index contributed by atoms with van der Waals surface area (Å²) in [6, 6.07) is 8.57. The summed E-state index contributed by atoms with van der Waals surface area (Å²) in [5, 5.41) is 12.0. The Kier molecular flexibility index (Phi) is 4.07. The van der Waals surface area contributed by atoms with Gasteiger partial charge in [-0.2, -0.15) is 0 Å². The van der Waals surface area contributed by atoms with Gasteiger partial charge in [0.05, 0.1) is 6.04 Å². The van der Waals surface area contributed by atoms with Crippen molar-refractivity contribution in [2.45, 2.75) is 50.5 Å². The topological polar surface area (TPSA) is 40.5 Å². The van der Waals surface area contributed by atoms with Crippen LogP contribution in [0.25, 0.3) is 0 Å². The first kappa shape index (κ1) is 17.9. The first-order valence-corrected chi connectivity index (χ1v) is 10.4. The number of hydrogen-bond acceptors (Lipinski definition) is 3. The summed E-state index contributed by atoms with van der Waals surface area (Å²) in [5.41, 5.74) is 4.56. The number of halogens is 1. The molecule has 1 aromatic rings. The number of hydroxylamine groups is 2. The number of quaternary nitrogens is 1. The van der Waals surface area contributed by atoms with Crippen molar-refractivity contribution in [3.63, 3.8) is 0 Å². The maximum Gasteiger partial charge on any atom is 0.174 e. The predicted octanol–water partition coefficient (Wildman–Crippen LogP) is 4.02. The first-order chi connectivity index (χ1) is 12.7. The van der Waals surface area contributed by atoms with Gasteiger partial charge in [-0.05, 0) is 50.3 Å². The summed E-state index contributed by atoms with van der Waals surface area (Å²) in [4.78, 5) is 15.7. The number of Topliss-reactive ketones (excluding diaryl/α,β-unsaturated/α-hetero) is 1. The fourth-order valence-electron chi connectivity index (χ4n) is 6.87. The normalized spacial score (nSPS) is 39.8. The number of likely N-dealkylation sites (tertiary alicyclic amines) is 1. The van der Waals surface area contributed by atoms with Crippen LogP contribution in [0.2, 0.25) is 0 Å². The smallest absolute Gasteiger partial charge is 0.174 e. The third kappa shape index (κ3) is 2.24. The van der Waals surface area contributed by atoms with Gasteiger partial charge < -0.3 is 0 Å². The number of para-hydroxylation sites is 1. The van der Waals surface area contributed by atoms with Crippen LogP contribution in [-0.2, 0) is 4.79 Å². The number of carbonyl (C=O) groups is 1. The molecule has 27 heavy (non-hydrogen) atoms. The van der Waals surface area contributed by atoms with E-state index in [-0.39, 0.29) is 23.0 Å². The van der Waals surface area contributed by atoms with Crippen LogP contribution in [0.5, 0.6) is 0 Å². The number of allylic oxidation sites excluding steroid dienone is 1. The number of fused-ring (bicyclic) bond motifs is 3. The van der Waals surface area contributed by atoms with E-state index in [4.69, 9.17) is 0 Å². The zero-order chi connectivity index (χ0) is 17.5. The molecule has 0 spiro atoms. The summed E-state index contributed by atoms with van der Waals surface area (Å²) in [7, 11) is 0. The van der Waals surface area contributed by atoms with E-state index < -0.39 is 0 Å². The number of hydrogen-bond donors (Lipinski definition) is 1.